The van der Waals surface area contributed by atoms with Gasteiger partial charge in [0.2, 0.25) is 0 Å². The lowest BCUT2D eigenvalue weighted by Gasteiger charge is -2.06. The number of rotatable bonds is 5. The maximum atomic E-state index is 4.46. The van der Waals surface area contributed by atoms with E-state index in [1.54, 1.807) is 0 Å². The van der Waals surface area contributed by atoms with Crippen LogP contribution in [0.1, 0.15) is 25.1 Å². The maximum Gasteiger partial charge on any atom is 0.0780 e. The van der Waals surface area contributed by atoms with Crippen LogP contribution in [0.3, 0.4) is 0 Å². The van der Waals surface area contributed by atoms with Gasteiger partial charge in [-0.05, 0) is 54.1 Å². The van der Waals surface area contributed by atoms with Crippen molar-refractivity contribution >= 4 is 37.6 Å². The summed E-state index contributed by atoms with van der Waals surface area (Å²) in [6, 6.07) is 14.4. The largest absolute Gasteiger partial charge is 0.380 e. The number of hydrogen-bond acceptors (Lipinski definition) is 3. The van der Waals surface area contributed by atoms with Gasteiger partial charge in [0.15, 0.2) is 0 Å². The lowest BCUT2D eigenvalue weighted by Crippen LogP contribution is -1.99. The summed E-state index contributed by atoms with van der Waals surface area (Å²) >= 11 is 2.25. The lowest BCUT2D eigenvalue weighted by atomic mass is 10.2. The second-order valence-corrected chi connectivity index (χ2v) is 5.99. The Morgan fingerprint density at radius 1 is 1.19 bits per heavy atom. The Labute approximate surface area is 139 Å². The van der Waals surface area contributed by atoms with E-state index >= 15 is 0 Å². The summed E-state index contributed by atoms with van der Waals surface area (Å²) < 4.78 is 1.03. The summed E-state index contributed by atoms with van der Waals surface area (Å²) in [4.78, 5) is 8.75. The molecule has 1 aromatic carbocycles. The molecule has 0 atom stereocenters. The van der Waals surface area contributed by atoms with Gasteiger partial charge in [-0.1, -0.05) is 30.3 Å². The molecule has 0 spiro atoms. The molecule has 0 aliphatic carbocycles. The molecular weight excluding hydrogens is 373 g/mol. The average Bonchev–Trinajstić information content (AvgIpc) is 2.52. The summed E-state index contributed by atoms with van der Waals surface area (Å²) in [6.07, 6.45) is 3.70. The minimum atomic E-state index is 0.800. The van der Waals surface area contributed by atoms with E-state index in [2.05, 4.69) is 50.0 Å². The number of nitrogens with zero attached hydrogens (tertiary/aromatic N) is 2. The fraction of sp³-hybridized carbons (Fsp3) is 0.176. The van der Waals surface area contributed by atoms with Crippen molar-refractivity contribution in [1.29, 1.82) is 0 Å². The molecule has 108 valence electrons. The van der Waals surface area contributed by atoms with Gasteiger partial charge in [0.05, 0.1) is 21.2 Å². The monoisotopic (exact) mass is 391 g/mol. The Kier molecular flexibility index (Phi) is 5.92. The first-order valence-corrected chi connectivity index (χ1v) is 7.84. The number of hydrogen-bond donors (Lipinski definition) is 1. The van der Waals surface area contributed by atoms with Crippen LogP contribution in [0.4, 0.5) is 5.69 Å². The van der Waals surface area contributed by atoms with Gasteiger partial charge in [0.1, 0.15) is 0 Å². The molecule has 4 heteroatoms. The smallest absolute Gasteiger partial charge is 0.0780 e. The average molecular weight is 391 g/mol. The molecule has 0 saturated carbocycles. The van der Waals surface area contributed by atoms with Crippen molar-refractivity contribution in [2.45, 2.75) is 20.4 Å². The second kappa shape index (κ2) is 7.93. The topological polar surface area (TPSA) is 37.3 Å². The molecular formula is C17H18IN3. The first-order chi connectivity index (χ1) is 10.1. The van der Waals surface area contributed by atoms with Gasteiger partial charge in [-0.15, -0.1) is 0 Å². The van der Waals surface area contributed by atoms with E-state index in [1.165, 1.54) is 5.56 Å². The number of halogens is 1. The third kappa shape index (κ3) is 5.30. The van der Waals surface area contributed by atoms with Crippen molar-refractivity contribution in [2.24, 2.45) is 4.99 Å². The third-order valence-corrected chi connectivity index (χ3v) is 3.61. The van der Waals surface area contributed by atoms with Crippen LogP contribution < -0.4 is 5.32 Å². The molecule has 0 amide bonds. The Balaban J connectivity index is 1.99. The number of anilines is 1. The van der Waals surface area contributed by atoms with E-state index in [0.717, 1.165) is 27.2 Å². The molecule has 1 heterocycles. The molecule has 0 fully saturated rings. The normalized spacial score (nSPS) is 11.1. The van der Waals surface area contributed by atoms with Crippen LogP contribution in [0.15, 0.2) is 59.9 Å². The Hall–Kier alpha value is -1.69. The summed E-state index contributed by atoms with van der Waals surface area (Å²) in [6.45, 7) is 4.75. The number of pyridine rings is 1. The molecule has 0 aliphatic rings. The number of benzene rings is 1. The quantitative estimate of drug-likeness (QED) is 0.581. The maximum absolute atomic E-state index is 4.46. The van der Waals surface area contributed by atoms with Gasteiger partial charge < -0.3 is 5.32 Å². The minimum Gasteiger partial charge on any atom is -0.380 e. The standard InChI is InChI=1S/C17H18IN3/c1-13(2)19-12-16(18)17-9-8-15(11-21-17)20-10-14-6-4-3-5-7-14/h3-9,11-12,20H,10H2,1-2H3/b16-12-. The predicted octanol–water partition coefficient (Wildman–Crippen LogP) is 4.91. The highest BCUT2D eigenvalue weighted by Gasteiger charge is 2.00. The van der Waals surface area contributed by atoms with Crippen LogP contribution in [-0.2, 0) is 6.54 Å². The van der Waals surface area contributed by atoms with Crippen molar-refractivity contribution in [3.8, 4) is 0 Å². The molecule has 1 aromatic heterocycles. The Bertz CT molecular complexity index is 627. The van der Waals surface area contributed by atoms with Gasteiger partial charge in [-0.3, -0.25) is 9.98 Å². The van der Waals surface area contributed by atoms with Crippen LogP contribution in [0.5, 0.6) is 0 Å². The number of aromatic nitrogens is 1. The second-order valence-electron chi connectivity index (χ2n) is 4.82. The van der Waals surface area contributed by atoms with Gasteiger partial charge in [0, 0.05) is 18.5 Å². The zero-order chi connectivity index (χ0) is 15.1. The zero-order valence-electron chi connectivity index (χ0n) is 12.2. The van der Waals surface area contributed by atoms with Crippen LogP contribution in [0.25, 0.3) is 3.58 Å². The fourth-order valence-corrected chi connectivity index (χ4v) is 2.15. The molecule has 0 bridgehead atoms. The summed E-state index contributed by atoms with van der Waals surface area (Å²) in [5.41, 5.74) is 4.24. The van der Waals surface area contributed by atoms with E-state index < -0.39 is 0 Å². The van der Waals surface area contributed by atoms with E-state index in [4.69, 9.17) is 0 Å². The highest BCUT2D eigenvalue weighted by molar-refractivity contribution is 14.1. The Morgan fingerprint density at radius 2 is 1.95 bits per heavy atom. The van der Waals surface area contributed by atoms with Crippen molar-refractivity contribution < 1.29 is 0 Å². The number of nitrogens with one attached hydrogen (secondary N) is 1. The van der Waals surface area contributed by atoms with Crippen molar-refractivity contribution in [1.82, 2.24) is 4.98 Å². The van der Waals surface area contributed by atoms with Gasteiger partial charge in [-0.25, -0.2) is 0 Å². The van der Waals surface area contributed by atoms with Crippen molar-refractivity contribution in [3.05, 3.63) is 66.1 Å². The van der Waals surface area contributed by atoms with Crippen LogP contribution >= 0.6 is 22.6 Å². The SMILES string of the molecule is CC(C)=N/C=C(\I)c1ccc(NCc2ccccc2)cn1. The lowest BCUT2D eigenvalue weighted by molar-refractivity contribution is 1.13. The van der Waals surface area contributed by atoms with Crippen LogP contribution in [-0.4, -0.2) is 10.7 Å². The van der Waals surface area contributed by atoms with Gasteiger partial charge >= 0.3 is 0 Å². The van der Waals surface area contributed by atoms with E-state index in [0.29, 0.717) is 0 Å². The fourth-order valence-electron chi connectivity index (χ4n) is 1.69. The van der Waals surface area contributed by atoms with Crippen LogP contribution in [0.2, 0.25) is 0 Å². The summed E-state index contributed by atoms with van der Waals surface area (Å²) in [5, 5.41) is 3.37. The highest BCUT2D eigenvalue weighted by Crippen LogP contribution is 2.21. The first-order valence-electron chi connectivity index (χ1n) is 6.76. The first kappa shape index (κ1) is 15.7. The van der Waals surface area contributed by atoms with E-state index in [9.17, 15) is 0 Å². The molecule has 0 unspecified atom stereocenters. The molecule has 21 heavy (non-hydrogen) atoms. The zero-order valence-corrected chi connectivity index (χ0v) is 14.3. The summed E-state index contributed by atoms with van der Waals surface area (Å²) in [5.74, 6) is 0. The molecule has 2 rings (SSSR count). The molecule has 2 aromatic rings. The van der Waals surface area contributed by atoms with Crippen LogP contribution in [0, 0.1) is 0 Å². The van der Waals surface area contributed by atoms with E-state index in [-0.39, 0.29) is 0 Å². The minimum absolute atomic E-state index is 0.800. The van der Waals surface area contributed by atoms with Gasteiger partial charge in [-0.2, -0.15) is 0 Å². The third-order valence-electron chi connectivity index (χ3n) is 2.78. The summed E-state index contributed by atoms with van der Waals surface area (Å²) in [7, 11) is 0. The predicted molar refractivity (Wildman–Crippen MR) is 98.8 cm³/mol. The Morgan fingerprint density at radius 3 is 2.57 bits per heavy atom. The molecule has 0 saturated heterocycles. The van der Waals surface area contributed by atoms with Crippen molar-refractivity contribution in [2.75, 3.05) is 5.32 Å². The molecule has 0 radical (unpaired) electrons. The number of aliphatic imine (C=N–C) groups is 1. The molecule has 0 aliphatic heterocycles. The van der Waals surface area contributed by atoms with E-state index in [1.807, 2.05) is 56.6 Å². The van der Waals surface area contributed by atoms with Gasteiger partial charge in [0.25, 0.3) is 0 Å². The highest BCUT2D eigenvalue weighted by atomic mass is 127. The van der Waals surface area contributed by atoms with Crippen molar-refractivity contribution in [3.63, 3.8) is 0 Å². The molecule has 3 nitrogen and oxygen atoms in total. The molecule has 1 N–H and O–H groups in total.